The van der Waals surface area contributed by atoms with E-state index < -0.39 is 6.04 Å². The van der Waals surface area contributed by atoms with E-state index in [4.69, 9.17) is 18.9 Å². The Labute approximate surface area is 276 Å². The van der Waals surface area contributed by atoms with Crippen molar-refractivity contribution in [1.29, 1.82) is 0 Å². The average Bonchev–Trinajstić information content (AvgIpc) is 3.29. The molecule has 0 spiro atoms. The zero-order valence-electron chi connectivity index (χ0n) is 27.4. The molecule has 6 rings (SSSR count). The van der Waals surface area contributed by atoms with Crippen LogP contribution in [0, 0.1) is 0 Å². The van der Waals surface area contributed by atoms with Crippen LogP contribution in [0.4, 0.5) is 0 Å². The van der Waals surface area contributed by atoms with Crippen molar-refractivity contribution in [1.82, 2.24) is 15.2 Å². The highest BCUT2D eigenvalue weighted by molar-refractivity contribution is 5.86. The number of ether oxygens (including phenoxy) is 4. The molecule has 2 heterocycles. The summed E-state index contributed by atoms with van der Waals surface area (Å²) in [5.74, 6) is 2.62. The number of hydrogen-bond acceptors (Lipinski definition) is 7. The molecule has 2 atom stereocenters. The molecule has 1 N–H and O–H groups in total. The highest BCUT2D eigenvalue weighted by atomic mass is 16.5. The number of amides is 1. The molecule has 1 amide bonds. The SMILES string of the molecule is COc1ccc(CC2c3cc(OC)c(OC)cc3CCCN2C(C(=O)NCc2nccc3ccccc23)c2ccccc2)cc1OC. The van der Waals surface area contributed by atoms with Gasteiger partial charge < -0.3 is 24.3 Å². The van der Waals surface area contributed by atoms with Crippen LogP contribution in [0.15, 0.2) is 97.2 Å². The minimum atomic E-state index is -0.560. The molecule has 5 aromatic rings. The molecule has 8 nitrogen and oxygen atoms in total. The predicted octanol–water partition coefficient (Wildman–Crippen LogP) is 6.86. The molecule has 1 aromatic heterocycles. The number of benzene rings is 4. The van der Waals surface area contributed by atoms with Gasteiger partial charge in [0.05, 0.1) is 40.7 Å². The normalized spacial score (nSPS) is 15.3. The van der Waals surface area contributed by atoms with Gasteiger partial charge in [0, 0.05) is 24.2 Å². The van der Waals surface area contributed by atoms with Crippen LogP contribution in [-0.2, 0) is 24.2 Å². The van der Waals surface area contributed by atoms with E-state index in [1.54, 1.807) is 34.6 Å². The molecule has 1 aliphatic rings. The third-order valence-electron chi connectivity index (χ3n) is 9.03. The molecule has 0 saturated carbocycles. The number of carbonyl (C=O) groups excluding carboxylic acids is 1. The third kappa shape index (κ3) is 6.74. The van der Waals surface area contributed by atoms with Crippen LogP contribution in [-0.4, -0.2) is 50.8 Å². The number of carbonyl (C=O) groups is 1. The summed E-state index contributed by atoms with van der Waals surface area (Å²) in [7, 11) is 6.60. The quantitative estimate of drug-likeness (QED) is 0.171. The van der Waals surface area contributed by atoms with E-state index in [1.807, 2.05) is 66.7 Å². The standard InChI is InChI=1S/C39H41N3O5/c1-44-34-17-16-26(22-35(34)45-2)21-33-31-24-37(47-4)36(46-3)23-29(31)14-10-20-42(33)38(28-12-6-5-7-13-28)39(43)41-25-32-30-15-9-8-11-27(30)18-19-40-32/h5-9,11-13,15-19,22-24,33,38H,10,14,20-21,25H2,1-4H3,(H,41,43). The van der Waals surface area contributed by atoms with Crippen LogP contribution in [0.3, 0.4) is 0 Å². The lowest BCUT2D eigenvalue weighted by Crippen LogP contribution is -2.43. The number of methoxy groups -OCH3 is 4. The van der Waals surface area contributed by atoms with Gasteiger partial charge in [-0.15, -0.1) is 0 Å². The van der Waals surface area contributed by atoms with Gasteiger partial charge in [-0.3, -0.25) is 14.7 Å². The van der Waals surface area contributed by atoms with E-state index in [0.717, 1.165) is 46.0 Å². The topological polar surface area (TPSA) is 82.2 Å². The Kier molecular flexibility index (Phi) is 9.88. The maximum atomic E-state index is 14.5. The minimum absolute atomic E-state index is 0.0767. The molecule has 8 heteroatoms. The number of pyridine rings is 1. The molecular weight excluding hydrogens is 590 g/mol. The van der Waals surface area contributed by atoms with E-state index in [-0.39, 0.29) is 11.9 Å². The molecule has 4 aromatic carbocycles. The van der Waals surface area contributed by atoms with Crippen LogP contribution in [0.1, 0.15) is 46.5 Å². The fraction of sp³-hybridized carbons (Fsp3) is 0.282. The number of aromatic nitrogens is 1. The Bertz CT molecular complexity index is 1840. The van der Waals surface area contributed by atoms with Gasteiger partial charge in [-0.25, -0.2) is 0 Å². The molecule has 0 bridgehead atoms. The van der Waals surface area contributed by atoms with Crippen LogP contribution in [0.2, 0.25) is 0 Å². The second-order valence-corrected chi connectivity index (χ2v) is 11.7. The fourth-order valence-corrected chi connectivity index (χ4v) is 6.74. The Morgan fingerprint density at radius 1 is 0.830 bits per heavy atom. The monoisotopic (exact) mass is 631 g/mol. The maximum Gasteiger partial charge on any atom is 0.242 e. The number of aryl methyl sites for hydroxylation is 1. The number of nitrogens with one attached hydrogen (secondary N) is 1. The van der Waals surface area contributed by atoms with Crippen molar-refractivity contribution in [3.8, 4) is 23.0 Å². The summed E-state index contributed by atoms with van der Waals surface area (Å²) in [5.41, 5.74) is 5.12. The van der Waals surface area contributed by atoms with Crippen LogP contribution in [0.5, 0.6) is 23.0 Å². The van der Waals surface area contributed by atoms with E-state index in [2.05, 4.69) is 39.5 Å². The minimum Gasteiger partial charge on any atom is -0.493 e. The number of rotatable bonds is 11. The fourth-order valence-electron chi connectivity index (χ4n) is 6.74. The second-order valence-electron chi connectivity index (χ2n) is 11.7. The van der Waals surface area contributed by atoms with Gasteiger partial charge in [-0.2, -0.15) is 0 Å². The van der Waals surface area contributed by atoms with Crippen molar-refractivity contribution in [2.75, 3.05) is 35.0 Å². The molecule has 242 valence electrons. The summed E-state index contributed by atoms with van der Waals surface area (Å²) in [4.78, 5) is 21.5. The van der Waals surface area contributed by atoms with Crippen molar-refractivity contribution in [2.24, 2.45) is 0 Å². The molecule has 1 aliphatic heterocycles. The zero-order chi connectivity index (χ0) is 32.8. The average molecular weight is 632 g/mol. The summed E-state index contributed by atoms with van der Waals surface area (Å²) < 4.78 is 22.7. The zero-order valence-corrected chi connectivity index (χ0v) is 27.4. The predicted molar refractivity (Wildman–Crippen MR) is 183 cm³/mol. The molecular formula is C39H41N3O5. The molecule has 0 aliphatic carbocycles. The number of hydrogen-bond donors (Lipinski definition) is 1. The van der Waals surface area contributed by atoms with Gasteiger partial charge in [0.1, 0.15) is 6.04 Å². The summed E-state index contributed by atoms with van der Waals surface area (Å²) in [6.07, 6.45) is 4.14. The highest BCUT2D eigenvalue weighted by Crippen LogP contribution is 2.43. The van der Waals surface area contributed by atoms with Crippen molar-refractivity contribution in [2.45, 2.75) is 37.9 Å². The van der Waals surface area contributed by atoms with Gasteiger partial charge in [0.15, 0.2) is 23.0 Å². The first kappa shape index (κ1) is 31.9. The summed E-state index contributed by atoms with van der Waals surface area (Å²) in [5, 5.41) is 5.39. The van der Waals surface area contributed by atoms with E-state index in [1.165, 1.54) is 5.56 Å². The first-order valence-corrected chi connectivity index (χ1v) is 15.9. The summed E-state index contributed by atoms with van der Waals surface area (Å²) >= 11 is 0. The van der Waals surface area contributed by atoms with Crippen LogP contribution in [0.25, 0.3) is 10.8 Å². The molecule has 2 unspecified atom stereocenters. The Balaban J connectivity index is 1.43. The van der Waals surface area contributed by atoms with Gasteiger partial charge in [0.25, 0.3) is 0 Å². The van der Waals surface area contributed by atoms with Gasteiger partial charge in [-0.05, 0) is 77.2 Å². The lowest BCUT2D eigenvalue weighted by molar-refractivity contribution is -0.128. The lowest BCUT2D eigenvalue weighted by Gasteiger charge is -2.37. The molecule has 0 radical (unpaired) electrons. The number of nitrogens with zero attached hydrogens (tertiary/aromatic N) is 2. The van der Waals surface area contributed by atoms with Gasteiger partial charge >= 0.3 is 0 Å². The van der Waals surface area contributed by atoms with Crippen LogP contribution >= 0.6 is 0 Å². The van der Waals surface area contributed by atoms with E-state index >= 15 is 0 Å². The highest BCUT2D eigenvalue weighted by Gasteiger charge is 2.36. The third-order valence-corrected chi connectivity index (χ3v) is 9.03. The Hall–Kier alpha value is -5.08. The Morgan fingerprint density at radius 2 is 1.53 bits per heavy atom. The van der Waals surface area contributed by atoms with Gasteiger partial charge in [0.2, 0.25) is 5.91 Å². The van der Waals surface area contributed by atoms with Crippen molar-refractivity contribution in [3.63, 3.8) is 0 Å². The Morgan fingerprint density at radius 3 is 2.30 bits per heavy atom. The van der Waals surface area contributed by atoms with Crippen molar-refractivity contribution < 1.29 is 23.7 Å². The summed E-state index contributed by atoms with van der Waals surface area (Å²) in [6, 6.07) is 29.6. The van der Waals surface area contributed by atoms with Crippen LogP contribution < -0.4 is 24.3 Å². The largest absolute Gasteiger partial charge is 0.493 e. The number of fused-ring (bicyclic) bond motifs is 2. The molecule has 0 saturated heterocycles. The van der Waals surface area contributed by atoms with E-state index in [9.17, 15) is 4.79 Å². The molecule has 0 fully saturated rings. The smallest absolute Gasteiger partial charge is 0.242 e. The van der Waals surface area contributed by atoms with Crippen molar-refractivity contribution in [3.05, 3.63) is 125 Å². The first-order valence-electron chi connectivity index (χ1n) is 15.9. The van der Waals surface area contributed by atoms with Crippen molar-refractivity contribution >= 4 is 16.7 Å². The maximum absolute atomic E-state index is 14.5. The molecule has 47 heavy (non-hydrogen) atoms. The first-order chi connectivity index (χ1) is 23.0. The summed E-state index contributed by atoms with van der Waals surface area (Å²) in [6.45, 7) is 1.02. The lowest BCUT2D eigenvalue weighted by atomic mass is 9.91. The second kappa shape index (κ2) is 14.6. The van der Waals surface area contributed by atoms with Gasteiger partial charge in [-0.1, -0.05) is 60.7 Å². The van der Waals surface area contributed by atoms with E-state index in [0.29, 0.717) is 42.5 Å².